The Morgan fingerprint density at radius 1 is 1.17 bits per heavy atom. The van der Waals surface area contributed by atoms with Crippen LogP contribution in [0.3, 0.4) is 0 Å². The maximum Gasteiger partial charge on any atom is 0.417 e. The second kappa shape index (κ2) is 6.93. The lowest BCUT2D eigenvalue weighted by Crippen LogP contribution is -2.11. The van der Waals surface area contributed by atoms with Gasteiger partial charge in [-0.2, -0.15) is 18.4 Å². The van der Waals surface area contributed by atoms with Gasteiger partial charge < -0.3 is 14.5 Å². The molecule has 0 saturated heterocycles. The highest BCUT2D eigenvalue weighted by Gasteiger charge is 2.34. The Balaban J connectivity index is 2.46. The van der Waals surface area contributed by atoms with Crippen LogP contribution in [0, 0.1) is 16.0 Å². The topological polar surface area (TPSA) is 58.0 Å². The fourth-order valence-electron chi connectivity index (χ4n) is 2.25. The molecule has 0 spiro atoms. The van der Waals surface area contributed by atoms with Crippen molar-refractivity contribution in [3.8, 4) is 17.6 Å². The Kier molecular flexibility index (Phi) is 5.14. The molecule has 0 radical (unpaired) electrons. The number of hydrogen-bond acceptors (Lipinski definition) is 4. The van der Waals surface area contributed by atoms with Crippen molar-refractivity contribution in [1.82, 2.24) is 4.98 Å². The van der Waals surface area contributed by atoms with Crippen LogP contribution >= 0.6 is 12.2 Å². The van der Waals surface area contributed by atoms with Gasteiger partial charge in [-0.05, 0) is 23.8 Å². The van der Waals surface area contributed by atoms with Crippen LogP contribution in [0.15, 0.2) is 24.3 Å². The van der Waals surface area contributed by atoms with E-state index < -0.39 is 17.3 Å². The van der Waals surface area contributed by atoms with Gasteiger partial charge >= 0.3 is 6.18 Å². The minimum absolute atomic E-state index is 0.165. The van der Waals surface area contributed by atoms with E-state index in [1.165, 1.54) is 20.3 Å². The van der Waals surface area contributed by atoms with Gasteiger partial charge in [-0.3, -0.25) is 0 Å². The summed E-state index contributed by atoms with van der Waals surface area (Å²) >= 11 is 4.88. The first-order valence-corrected chi connectivity index (χ1v) is 7.15. The zero-order chi connectivity index (χ0) is 17.9. The number of aromatic nitrogens is 1. The quantitative estimate of drug-likeness (QED) is 0.834. The molecule has 2 aromatic rings. The molecule has 0 unspecified atom stereocenters. The summed E-state index contributed by atoms with van der Waals surface area (Å²) in [5.74, 6) is 0.989. The third kappa shape index (κ3) is 3.68. The minimum Gasteiger partial charge on any atom is -0.493 e. The maximum absolute atomic E-state index is 13.1. The third-order valence-electron chi connectivity index (χ3n) is 3.35. The molecule has 126 valence electrons. The zero-order valence-corrected chi connectivity index (χ0v) is 13.6. The van der Waals surface area contributed by atoms with Crippen LogP contribution < -0.4 is 9.47 Å². The van der Waals surface area contributed by atoms with E-state index in [1.54, 1.807) is 18.2 Å². The second-order valence-electron chi connectivity index (χ2n) is 4.89. The number of H-pyrrole nitrogens is 1. The van der Waals surface area contributed by atoms with Crippen LogP contribution in [0.25, 0.3) is 0 Å². The van der Waals surface area contributed by atoms with E-state index >= 15 is 0 Å². The smallest absolute Gasteiger partial charge is 0.417 e. The summed E-state index contributed by atoms with van der Waals surface area (Å²) in [4.78, 5) is 2.67. The highest BCUT2D eigenvalue weighted by molar-refractivity contribution is 7.71. The first-order chi connectivity index (χ1) is 11.3. The molecule has 0 bridgehead atoms. The fourth-order valence-corrected chi connectivity index (χ4v) is 2.54. The highest BCUT2D eigenvalue weighted by atomic mass is 32.1. The summed E-state index contributed by atoms with van der Waals surface area (Å²) < 4.78 is 49.4. The van der Waals surface area contributed by atoms with Gasteiger partial charge in [0.1, 0.15) is 10.7 Å². The Morgan fingerprint density at radius 2 is 1.83 bits per heavy atom. The Labute approximate surface area is 141 Å². The van der Waals surface area contributed by atoms with Crippen molar-refractivity contribution in [2.75, 3.05) is 14.2 Å². The van der Waals surface area contributed by atoms with Crippen LogP contribution in [0.1, 0.15) is 22.4 Å². The van der Waals surface area contributed by atoms with Crippen molar-refractivity contribution >= 4 is 12.2 Å². The number of alkyl halides is 3. The number of nitrogens with zero attached hydrogens (tertiary/aromatic N) is 1. The van der Waals surface area contributed by atoms with Crippen molar-refractivity contribution in [2.24, 2.45) is 0 Å². The molecule has 0 atom stereocenters. The number of nitrogens with one attached hydrogen (secondary N) is 1. The van der Waals surface area contributed by atoms with Gasteiger partial charge in [0.25, 0.3) is 0 Å². The molecule has 1 heterocycles. The number of rotatable bonds is 4. The van der Waals surface area contributed by atoms with E-state index in [2.05, 4.69) is 4.98 Å². The molecular formula is C16H13F3N2O2S. The maximum atomic E-state index is 13.1. The molecule has 0 amide bonds. The molecule has 0 aliphatic heterocycles. The number of benzene rings is 1. The number of nitriles is 1. The van der Waals surface area contributed by atoms with E-state index in [0.29, 0.717) is 17.1 Å². The van der Waals surface area contributed by atoms with E-state index in [4.69, 9.17) is 27.0 Å². The van der Waals surface area contributed by atoms with Gasteiger partial charge in [0.2, 0.25) is 0 Å². The predicted octanol–water partition coefficient (Wildman–Crippen LogP) is 4.24. The van der Waals surface area contributed by atoms with Crippen molar-refractivity contribution in [3.05, 3.63) is 51.3 Å². The van der Waals surface area contributed by atoms with Crippen LogP contribution in [-0.2, 0) is 12.6 Å². The first kappa shape index (κ1) is 17.8. The molecule has 2 rings (SSSR count). The fraction of sp³-hybridized carbons (Fsp3) is 0.250. The Hall–Kier alpha value is -2.53. The number of methoxy groups -OCH3 is 2. The summed E-state index contributed by atoms with van der Waals surface area (Å²) in [6, 6.07) is 7.45. The highest BCUT2D eigenvalue weighted by Crippen LogP contribution is 2.33. The van der Waals surface area contributed by atoms with E-state index in [1.807, 2.05) is 0 Å². The number of hydrogen-bond donors (Lipinski definition) is 1. The van der Waals surface area contributed by atoms with Gasteiger partial charge in [-0.25, -0.2) is 0 Å². The summed E-state index contributed by atoms with van der Waals surface area (Å²) in [5, 5.41) is 8.90. The largest absolute Gasteiger partial charge is 0.493 e. The monoisotopic (exact) mass is 354 g/mol. The van der Waals surface area contributed by atoms with Crippen molar-refractivity contribution in [2.45, 2.75) is 12.6 Å². The number of halogens is 3. The van der Waals surface area contributed by atoms with Crippen molar-refractivity contribution in [3.63, 3.8) is 0 Å². The lowest BCUT2D eigenvalue weighted by Gasteiger charge is -2.13. The average molecular weight is 354 g/mol. The van der Waals surface area contributed by atoms with Gasteiger partial charge in [-0.1, -0.05) is 18.3 Å². The molecule has 4 nitrogen and oxygen atoms in total. The van der Waals surface area contributed by atoms with Crippen LogP contribution in [0.5, 0.6) is 11.5 Å². The van der Waals surface area contributed by atoms with E-state index in [9.17, 15) is 13.2 Å². The molecule has 1 aromatic heterocycles. The van der Waals surface area contributed by atoms with E-state index in [-0.39, 0.29) is 16.8 Å². The molecule has 8 heteroatoms. The number of ether oxygens (including phenoxy) is 2. The second-order valence-corrected chi connectivity index (χ2v) is 5.30. The van der Waals surface area contributed by atoms with Crippen LogP contribution in [0.4, 0.5) is 13.2 Å². The number of pyridine rings is 1. The molecule has 1 N–H and O–H groups in total. The van der Waals surface area contributed by atoms with Crippen molar-refractivity contribution in [1.29, 1.82) is 5.26 Å². The zero-order valence-electron chi connectivity index (χ0n) is 12.8. The summed E-state index contributed by atoms with van der Waals surface area (Å²) in [7, 11) is 2.96. The van der Waals surface area contributed by atoms with Gasteiger partial charge in [0.05, 0.1) is 25.3 Å². The van der Waals surface area contributed by atoms with Crippen molar-refractivity contribution < 1.29 is 22.6 Å². The lowest BCUT2D eigenvalue weighted by atomic mass is 10.0. The lowest BCUT2D eigenvalue weighted by molar-refractivity contribution is -0.137. The molecule has 0 aliphatic carbocycles. The summed E-state index contributed by atoms with van der Waals surface area (Å²) in [6.45, 7) is 0. The Bertz CT molecular complexity index is 854. The molecule has 1 aromatic carbocycles. The minimum atomic E-state index is -4.65. The van der Waals surface area contributed by atoms with Crippen LogP contribution in [-0.4, -0.2) is 19.2 Å². The SMILES string of the molecule is COc1ccc(Cc2cc(C(F)(F)F)c(C#N)c(=S)[nH]2)cc1OC. The molecule has 24 heavy (non-hydrogen) atoms. The standard InChI is InChI=1S/C16H13F3N2O2S/c1-22-13-4-3-9(6-14(13)23-2)5-10-7-12(16(17,18)19)11(8-20)15(24)21-10/h3-4,6-7H,5H2,1-2H3,(H,21,24). The van der Waals surface area contributed by atoms with Gasteiger partial charge in [0, 0.05) is 12.1 Å². The normalized spacial score (nSPS) is 11.0. The average Bonchev–Trinajstić information content (AvgIpc) is 2.53. The van der Waals surface area contributed by atoms with Gasteiger partial charge in [-0.15, -0.1) is 0 Å². The molecular weight excluding hydrogens is 341 g/mol. The van der Waals surface area contributed by atoms with Crippen LogP contribution in [0.2, 0.25) is 0 Å². The number of aromatic amines is 1. The van der Waals surface area contributed by atoms with E-state index in [0.717, 1.165) is 6.07 Å². The molecule has 0 aliphatic rings. The summed E-state index contributed by atoms with van der Waals surface area (Å²) in [6.07, 6.45) is -4.49. The Morgan fingerprint density at radius 3 is 2.38 bits per heavy atom. The molecule has 0 fully saturated rings. The van der Waals surface area contributed by atoms with Gasteiger partial charge in [0.15, 0.2) is 11.5 Å². The molecule has 0 saturated carbocycles. The third-order valence-corrected chi connectivity index (χ3v) is 3.65. The first-order valence-electron chi connectivity index (χ1n) is 6.74. The predicted molar refractivity (Wildman–Crippen MR) is 83.7 cm³/mol. The summed E-state index contributed by atoms with van der Waals surface area (Å²) in [5.41, 5.74) is -0.660.